The van der Waals surface area contributed by atoms with Gasteiger partial charge in [0.1, 0.15) is 6.33 Å². The number of fused-ring (bicyclic) bond motifs is 1. The van der Waals surface area contributed by atoms with Crippen molar-refractivity contribution in [1.29, 1.82) is 0 Å². The Morgan fingerprint density at radius 3 is 3.10 bits per heavy atom. The lowest BCUT2D eigenvalue weighted by Crippen LogP contribution is -2.35. The van der Waals surface area contributed by atoms with Gasteiger partial charge in [0, 0.05) is 37.4 Å². The van der Waals surface area contributed by atoms with Gasteiger partial charge < -0.3 is 14.8 Å². The lowest BCUT2D eigenvalue weighted by molar-refractivity contribution is 0.529. The van der Waals surface area contributed by atoms with E-state index < -0.39 is 0 Å². The molecular formula is C14H17FN6. The molecule has 1 saturated carbocycles. The molecule has 0 unspecified atom stereocenters. The third-order valence-electron chi connectivity index (χ3n) is 4.05. The second kappa shape index (κ2) is 5.07. The highest BCUT2D eigenvalue weighted by atomic mass is 19.1. The molecular weight excluding hydrogens is 271 g/mol. The highest BCUT2D eigenvalue weighted by Crippen LogP contribution is 2.24. The first kappa shape index (κ1) is 12.7. The van der Waals surface area contributed by atoms with Crippen molar-refractivity contribution in [1.82, 2.24) is 25.1 Å². The average molecular weight is 288 g/mol. The molecule has 7 heteroatoms. The number of rotatable bonds is 4. The van der Waals surface area contributed by atoms with Crippen LogP contribution in [0.25, 0.3) is 0 Å². The lowest BCUT2D eigenvalue weighted by Gasteiger charge is -2.28. The van der Waals surface area contributed by atoms with E-state index in [4.69, 9.17) is 0 Å². The predicted molar refractivity (Wildman–Crippen MR) is 75.1 cm³/mol. The van der Waals surface area contributed by atoms with Crippen molar-refractivity contribution in [2.24, 2.45) is 0 Å². The molecule has 0 aromatic carbocycles. The van der Waals surface area contributed by atoms with E-state index in [0.717, 1.165) is 12.4 Å². The van der Waals surface area contributed by atoms with Crippen LogP contribution in [-0.2, 0) is 19.6 Å². The van der Waals surface area contributed by atoms with Gasteiger partial charge in [-0.15, -0.1) is 10.2 Å². The number of pyridine rings is 1. The summed E-state index contributed by atoms with van der Waals surface area (Å²) in [6.45, 7) is 2.59. The molecule has 0 amide bonds. The van der Waals surface area contributed by atoms with Crippen molar-refractivity contribution in [3.8, 4) is 0 Å². The predicted octanol–water partition coefficient (Wildman–Crippen LogP) is 1.08. The van der Waals surface area contributed by atoms with Crippen LogP contribution in [0.1, 0.15) is 24.2 Å². The van der Waals surface area contributed by atoms with Gasteiger partial charge in [-0.1, -0.05) is 0 Å². The summed E-state index contributed by atoms with van der Waals surface area (Å²) in [6, 6.07) is 2.32. The lowest BCUT2D eigenvalue weighted by atomic mass is 10.2. The minimum atomic E-state index is -0.224. The Bertz CT molecular complexity index is 651. The molecule has 110 valence electrons. The SMILES string of the molecule is Fc1c(CNC2CC2)ccnc1N1CCn2cnnc2C1. The fraction of sp³-hybridized carbons (Fsp3) is 0.500. The maximum atomic E-state index is 14.6. The molecule has 1 fully saturated rings. The number of hydrogen-bond donors (Lipinski definition) is 1. The van der Waals surface area contributed by atoms with Gasteiger partial charge in [0.15, 0.2) is 17.5 Å². The minimum absolute atomic E-state index is 0.224. The van der Waals surface area contributed by atoms with Gasteiger partial charge in [0.05, 0.1) is 6.54 Å². The van der Waals surface area contributed by atoms with Crippen molar-refractivity contribution in [2.45, 2.75) is 38.5 Å². The second-order valence-corrected chi connectivity index (χ2v) is 5.62. The van der Waals surface area contributed by atoms with E-state index >= 15 is 0 Å². The van der Waals surface area contributed by atoms with Gasteiger partial charge in [-0.2, -0.15) is 0 Å². The third kappa shape index (κ3) is 2.49. The Morgan fingerprint density at radius 2 is 2.24 bits per heavy atom. The largest absolute Gasteiger partial charge is 0.345 e. The Morgan fingerprint density at radius 1 is 1.33 bits per heavy atom. The molecule has 0 saturated heterocycles. The molecule has 0 radical (unpaired) electrons. The molecule has 4 rings (SSSR count). The topological polar surface area (TPSA) is 58.9 Å². The number of halogens is 1. The molecule has 1 aliphatic heterocycles. The Balaban J connectivity index is 1.55. The van der Waals surface area contributed by atoms with Gasteiger partial charge in [-0.05, 0) is 18.9 Å². The number of aromatic nitrogens is 4. The van der Waals surface area contributed by atoms with E-state index in [1.807, 2.05) is 9.47 Å². The highest BCUT2D eigenvalue weighted by molar-refractivity contribution is 5.43. The normalized spacial score (nSPS) is 17.9. The van der Waals surface area contributed by atoms with Crippen LogP contribution in [0.4, 0.5) is 10.2 Å². The standard InChI is InChI=1S/C14H17FN6/c15-13-10(7-17-11-1-2-11)3-4-16-14(13)20-5-6-21-9-18-19-12(21)8-20/h3-4,9,11,17H,1-2,5-8H2. The summed E-state index contributed by atoms with van der Waals surface area (Å²) in [6.07, 6.45) is 5.79. The summed E-state index contributed by atoms with van der Waals surface area (Å²) < 4.78 is 16.6. The number of hydrogen-bond acceptors (Lipinski definition) is 5. The van der Waals surface area contributed by atoms with E-state index in [9.17, 15) is 4.39 Å². The zero-order valence-electron chi connectivity index (χ0n) is 11.7. The Labute approximate surface area is 122 Å². The van der Waals surface area contributed by atoms with E-state index in [1.54, 1.807) is 18.6 Å². The number of nitrogens with zero attached hydrogens (tertiary/aromatic N) is 5. The van der Waals surface area contributed by atoms with Crippen molar-refractivity contribution in [3.05, 3.63) is 35.8 Å². The van der Waals surface area contributed by atoms with Crippen LogP contribution in [0.15, 0.2) is 18.6 Å². The van der Waals surface area contributed by atoms with E-state index in [0.29, 0.717) is 37.1 Å². The van der Waals surface area contributed by atoms with Crippen LogP contribution in [0, 0.1) is 5.82 Å². The zero-order chi connectivity index (χ0) is 14.2. The molecule has 2 aromatic heterocycles. The zero-order valence-corrected chi connectivity index (χ0v) is 11.7. The van der Waals surface area contributed by atoms with Crippen LogP contribution in [0.3, 0.4) is 0 Å². The highest BCUT2D eigenvalue weighted by Gasteiger charge is 2.24. The summed E-state index contributed by atoms with van der Waals surface area (Å²) in [5, 5.41) is 11.3. The van der Waals surface area contributed by atoms with Crippen LogP contribution in [0.2, 0.25) is 0 Å². The van der Waals surface area contributed by atoms with Crippen molar-refractivity contribution >= 4 is 5.82 Å². The quantitative estimate of drug-likeness (QED) is 0.912. The molecule has 0 atom stereocenters. The summed E-state index contributed by atoms with van der Waals surface area (Å²) in [4.78, 5) is 6.16. The number of anilines is 1. The molecule has 1 N–H and O–H groups in total. The average Bonchev–Trinajstić information content (AvgIpc) is 3.21. The third-order valence-corrected chi connectivity index (χ3v) is 4.05. The maximum Gasteiger partial charge on any atom is 0.170 e. The first-order valence-electron chi connectivity index (χ1n) is 7.29. The fourth-order valence-corrected chi connectivity index (χ4v) is 2.62. The summed E-state index contributed by atoms with van der Waals surface area (Å²) in [5.74, 6) is 1.04. The first-order valence-corrected chi connectivity index (χ1v) is 7.29. The molecule has 6 nitrogen and oxygen atoms in total. The van der Waals surface area contributed by atoms with Gasteiger partial charge >= 0.3 is 0 Å². The van der Waals surface area contributed by atoms with Crippen LogP contribution >= 0.6 is 0 Å². The summed E-state index contributed by atoms with van der Waals surface area (Å²) in [7, 11) is 0. The van der Waals surface area contributed by atoms with Gasteiger partial charge in [0.25, 0.3) is 0 Å². The van der Waals surface area contributed by atoms with Crippen molar-refractivity contribution < 1.29 is 4.39 Å². The number of nitrogens with one attached hydrogen (secondary N) is 1. The monoisotopic (exact) mass is 288 g/mol. The summed E-state index contributed by atoms with van der Waals surface area (Å²) >= 11 is 0. The molecule has 21 heavy (non-hydrogen) atoms. The molecule has 3 heterocycles. The summed E-state index contributed by atoms with van der Waals surface area (Å²) in [5.41, 5.74) is 0.680. The maximum absolute atomic E-state index is 14.6. The van der Waals surface area contributed by atoms with Crippen LogP contribution in [0.5, 0.6) is 0 Å². The van der Waals surface area contributed by atoms with Crippen molar-refractivity contribution in [2.75, 3.05) is 11.4 Å². The molecule has 0 bridgehead atoms. The minimum Gasteiger partial charge on any atom is -0.345 e. The van der Waals surface area contributed by atoms with Gasteiger partial charge in [-0.25, -0.2) is 9.37 Å². The van der Waals surface area contributed by atoms with Crippen LogP contribution < -0.4 is 10.2 Å². The Hall–Kier alpha value is -2.02. The van der Waals surface area contributed by atoms with Gasteiger partial charge in [0.2, 0.25) is 0 Å². The van der Waals surface area contributed by atoms with Crippen LogP contribution in [-0.4, -0.2) is 32.3 Å². The second-order valence-electron chi connectivity index (χ2n) is 5.62. The van der Waals surface area contributed by atoms with E-state index in [-0.39, 0.29) is 5.82 Å². The van der Waals surface area contributed by atoms with Crippen molar-refractivity contribution in [3.63, 3.8) is 0 Å². The molecule has 2 aliphatic rings. The van der Waals surface area contributed by atoms with E-state index in [1.165, 1.54) is 12.8 Å². The Kier molecular flexibility index (Phi) is 3.07. The fourth-order valence-electron chi connectivity index (χ4n) is 2.62. The molecule has 1 aliphatic carbocycles. The first-order chi connectivity index (χ1) is 10.3. The van der Waals surface area contributed by atoms with Gasteiger partial charge in [-0.3, -0.25) is 0 Å². The smallest absolute Gasteiger partial charge is 0.170 e. The molecule has 2 aromatic rings. The van der Waals surface area contributed by atoms with E-state index in [2.05, 4.69) is 20.5 Å². The molecule has 0 spiro atoms.